The van der Waals surface area contributed by atoms with Crippen LogP contribution < -0.4 is 10.0 Å². The Balaban J connectivity index is 2.95. The molecule has 20 heavy (non-hydrogen) atoms. The number of nitrogens with one attached hydrogen (secondary N) is 2. The van der Waals surface area contributed by atoms with Crippen LogP contribution in [0, 0.1) is 0 Å². The summed E-state index contributed by atoms with van der Waals surface area (Å²) in [5.74, 6) is -4.44. The van der Waals surface area contributed by atoms with Crippen molar-refractivity contribution in [3.8, 4) is 0 Å². The van der Waals surface area contributed by atoms with Crippen molar-refractivity contribution in [1.29, 1.82) is 0 Å². The van der Waals surface area contributed by atoms with Gasteiger partial charge in [-0.25, -0.2) is 21.9 Å². The monoisotopic (exact) mass is 315 g/mol. The molecule has 0 amide bonds. The van der Waals surface area contributed by atoms with Crippen LogP contribution in [0.5, 0.6) is 0 Å². The van der Waals surface area contributed by atoms with Crippen LogP contribution in [0.15, 0.2) is 23.4 Å². The lowest BCUT2D eigenvalue weighted by atomic mass is 10.4. The molecule has 1 aromatic heterocycles. The third kappa shape index (κ3) is 4.04. The lowest BCUT2D eigenvalue weighted by Gasteiger charge is -2.17. The Kier molecular flexibility index (Phi) is 5.28. The molecule has 0 aliphatic heterocycles. The Labute approximate surface area is 113 Å². The van der Waals surface area contributed by atoms with Crippen molar-refractivity contribution in [3.63, 3.8) is 0 Å². The second kappa shape index (κ2) is 6.35. The van der Waals surface area contributed by atoms with Crippen molar-refractivity contribution in [2.45, 2.75) is 24.2 Å². The van der Waals surface area contributed by atoms with Crippen molar-refractivity contribution in [2.24, 2.45) is 0 Å². The minimum atomic E-state index is -4.44. The fourth-order valence-corrected chi connectivity index (χ4v) is 2.44. The van der Waals surface area contributed by atoms with Crippen molar-refractivity contribution in [1.82, 2.24) is 9.71 Å². The predicted molar refractivity (Wildman–Crippen MR) is 64.5 cm³/mol. The largest absolute Gasteiger partial charge is 0.384 e. The van der Waals surface area contributed by atoms with E-state index in [0.717, 1.165) is 6.20 Å². The van der Waals surface area contributed by atoms with Crippen LogP contribution in [0.3, 0.4) is 0 Å². The molecule has 1 heterocycles. The molecular weight excluding hydrogens is 302 g/mol. The number of alkyl halides is 4. The van der Waals surface area contributed by atoms with E-state index in [4.69, 9.17) is 0 Å². The SMILES string of the molecule is CCNc1ccncc1S(=O)(=O)NCC(F)(F)C(F)F. The van der Waals surface area contributed by atoms with E-state index in [9.17, 15) is 26.0 Å². The van der Waals surface area contributed by atoms with Gasteiger partial charge >= 0.3 is 12.3 Å². The number of aromatic nitrogens is 1. The Bertz CT molecular complexity index is 551. The molecule has 0 aliphatic carbocycles. The second-order valence-corrected chi connectivity index (χ2v) is 5.52. The topological polar surface area (TPSA) is 71.1 Å². The van der Waals surface area contributed by atoms with E-state index in [1.807, 2.05) is 0 Å². The van der Waals surface area contributed by atoms with Gasteiger partial charge in [0.25, 0.3) is 0 Å². The first-order valence-electron chi connectivity index (χ1n) is 5.54. The average Bonchev–Trinajstić information content (AvgIpc) is 2.37. The third-order valence-electron chi connectivity index (χ3n) is 2.26. The summed E-state index contributed by atoms with van der Waals surface area (Å²) < 4.78 is 74.5. The highest BCUT2D eigenvalue weighted by Crippen LogP contribution is 2.24. The summed E-state index contributed by atoms with van der Waals surface area (Å²) in [6.07, 6.45) is -1.70. The standard InChI is InChI=1S/C10H13F4N3O2S/c1-2-16-7-3-4-15-5-8(7)20(18,19)17-6-10(13,14)9(11)12/h3-5,9,17H,2,6H2,1H3,(H,15,16). The zero-order valence-electron chi connectivity index (χ0n) is 10.4. The van der Waals surface area contributed by atoms with E-state index in [1.165, 1.54) is 17.0 Å². The molecule has 0 aliphatic rings. The lowest BCUT2D eigenvalue weighted by molar-refractivity contribution is -0.122. The first-order chi connectivity index (χ1) is 9.20. The van der Waals surface area contributed by atoms with Gasteiger partial charge in [0, 0.05) is 18.9 Å². The molecule has 114 valence electrons. The van der Waals surface area contributed by atoms with Crippen LogP contribution >= 0.6 is 0 Å². The maximum absolute atomic E-state index is 12.7. The smallest absolute Gasteiger partial charge is 0.320 e. The van der Waals surface area contributed by atoms with E-state index >= 15 is 0 Å². The Morgan fingerprint density at radius 2 is 2.05 bits per heavy atom. The van der Waals surface area contributed by atoms with E-state index < -0.39 is 28.9 Å². The quantitative estimate of drug-likeness (QED) is 0.751. The minimum Gasteiger partial charge on any atom is -0.384 e. The summed E-state index contributed by atoms with van der Waals surface area (Å²) in [6.45, 7) is 0.405. The number of hydrogen-bond acceptors (Lipinski definition) is 4. The van der Waals surface area contributed by atoms with Gasteiger partial charge in [0.05, 0.1) is 12.2 Å². The Morgan fingerprint density at radius 1 is 1.40 bits per heavy atom. The summed E-state index contributed by atoms with van der Waals surface area (Å²) >= 11 is 0. The zero-order chi connectivity index (χ0) is 15.4. The highest BCUT2D eigenvalue weighted by molar-refractivity contribution is 7.89. The van der Waals surface area contributed by atoms with Gasteiger partial charge in [0.2, 0.25) is 10.0 Å². The van der Waals surface area contributed by atoms with Gasteiger partial charge in [-0.3, -0.25) is 4.98 Å². The van der Waals surface area contributed by atoms with Gasteiger partial charge in [-0.1, -0.05) is 0 Å². The fraction of sp³-hybridized carbons (Fsp3) is 0.500. The minimum absolute atomic E-state index is 0.148. The van der Waals surface area contributed by atoms with Gasteiger partial charge in [-0.05, 0) is 13.0 Å². The highest BCUT2D eigenvalue weighted by Gasteiger charge is 2.41. The van der Waals surface area contributed by atoms with Crippen LogP contribution in [0.1, 0.15) is 6.92 Å². The molecule has 2 N–H and O–H groups in total. The molecule has 0 spiro atoms. The van der Waals surface area contributed by atoms with Crippen LogP contribution in [-0.2, 0) is 10.0 Å². The van der Waals surface area contributed by atoms with E-state index in [2.05, 4.69) is 10.3 Å². The van der Waals surface area contributed by atoms with E-state index in [0.29, 0.717) is 6.54 Å². The number of rotatable bonds is 7. The van der Waals surface area contributed by atoms with E-state index in [-0.39, 0.29) is 10.6 Å². The number of sulfonamides is 1. The number of nitrogens with zero attached hydrogens (tertiary/aromatic N) is 1. The molecule has 0 bridgehead atoms. The summed E-state index contributed by atoms with van der Waals surface area (Å²) in [4.78, 5) is 3.20. The Hall–Kier alpha value is -1.42. The molecule has 0 radical (unpaired) electrons. The van der Waals surface area contributed by atoms with Gasteiger partial charge in [0.15, 0.2) is 0 Å². The number of halogens is 4. The average molecular weight is 315 g/mol. The molecule has 0 aromatic carbocycles. The summed E-state index contributed by atoms with van der Waals surface area (Å²) in [6, 6.07) is 1.34. The normalized spacial score (nSPS) is 12.7. The van der Waals surface area contributed by atoms with Crippen LogP contribution in [0.25, 0.3) is 0 Å². The number of anilines is 1. The van der Waals surface area contributed by atoms with Gasteiger partial charge in [-0.2, -0.15) is 8.78 Å². The summed E-state index contributed by atoms with van der Waals surface area (Å²) in [5.41, 5.74) is 0.148. The van der Waals surface area contributed by atoms with Crippen LogP contribution in [0.4, 0.5) is 23.2 Å². The van der Waals surface area contributed by atoms with Crippen molar-refractivity contribution in [2.75, 3.05) is 18.4 Å². The molecule has 0 fully saturated rings. The first kappa shape index (κ1) is 16.6. The van der Waals surface area contributed by atoms with E-state index in [1.54, 1.807) is 6.92 Å². The molecule has 0 atom stereocenters. The van der Waals surface area contributed by atoms with Crippen molar-refractivity contribution < 1.29 is 26.0 Å². The van der Waals surface area contributed by atoms with Crippen LogP contribution in [-0.4, -0.2) is 38.8 Å². The van der Waals surface area contributed by atoms with Gasteiger partial charge < -0.3 is 5.32 Å². The Morgan fingerprint density at radius 3 is 2.60 bits per heavy atom. The molecule has 1 rings (SSSR count). The molecule has 0 saturated heterocycles. The maximum Gasteiger partial charge on any atom is 0.320 e. The first-order valence-corrected chi connectivity index (χ1v) is 7.02. The molecule has 5 nitrogen and oxygen atoms in total. The number of hydrogen-bond donors (Lipinski definition) is 2. The second-order valence-electron chi connectivity index (χ2n) is 3.79. The van der Waals surface area contributed by atoms with Crippen molar-refractivity contribution in [3.05, 3.63) is 18.5 Å². The molecule has 1 aromatic rings. The molecule has 10 heteroatoms. The van der Waals surface area contributed by atoms with Crippen LogP contribution in [0.2, 0.25) is 0 Å². The van der Waals surface area contributed by atoms with Crippen molar-refractivity contribution >= 4 is 15.7 Å². The lowest BCUT2D eigenvalue weighted by Crippen LogP contribution is -2.41. The summed E-state index contributed by atoms with van der Waals surface area (Å²) in [5, 5.41) is 2.71. The third-order valence-corrected chi connectivity index (χ3v) is 3.69. The van der Waals surface area contributed by atoms with Gasteiger partial charge in [-0.15, -0.1) is 0 Å². The highest BCUT2D eigenvalue weighted by atomic mass is 32.2. The number of pyridine rings is 1. The van der Waals surface area contributed by atoms with Gasteiger partial charge in [0.1, 0.15) is 4.90 Å². The molecule has 0 saturated carbocycles. The predicted octanol–water partition coefficient (Wildman–Crippen LogP) is 1.69. The molecule has 0 unspecified atom stereocenters. The maximum atomic E-state index is 12.7. The summed E-state index contributed by atoms with van der Waals surface area (Å²) in [7, 11) is -4.37. The zero-order valence-corrected chi connectivity index (χ0v) is 11.2. The fourth-order valence-electron chi connectivity index (χ4n) is 1.28. The molecular formula is C10H13F4N3O2S.